The molecule has 0 fully saturated rings. The molecule has 2 aromatic rings. The highest BCUT2D eigenvalue weighted by Gasteiger charge is 2.15. The van der Waals surface area contributed by atoms with Crippen LogP contribution in [0.1, 0.15) is 18.1 Å². The van der Waals surface area contributed by atoms with E-state index in [9.17, 15) is 14.0 Å². The number of rotatable bonds is 6. The quantitative estimate of drug-likeness (QED) is 0.855. The Kier molecular flexibility index (Phi) is 6.53. The zero-order valence-corrected chi connectivity index (χ0v) is 14.9. The molecule has 6 heteroatoms. The van der Waals surface area contributed by atoms with E-state index in [0.717, 1.165) is 11.3 Å². The summed E-state index contributed by atoms with van der Waals surface area (Å²) in [7, 11) is 0. The van der Waals surface area contributed by atoms with Crippen LogP contribution in [0.15, 0.2) is 42.5 Å². The first-order valence-corrected chi connectivity index (χ1v) is 8.30. The molecule has 0 heterocycles. The molecular formula is C19H20ClFN2O2. The van der Waals surface area contributed by atoms with Gasteiger partial charge in [-0.3, -0.25) is 9.59 Å². The number of anilines is 1. The van der Waals surface area contributed by atoms with Crippen LogP contribution >= 0.6 is 11.6 Å². The van der Waals surface area contributed by atoms with Gasteiger partial charge in [-0.05, 0) is 42.3 Å². The van der Waals surface area contributed by atoms with Gasteiger partial charge < -0.3 is 10.2 Å². The molecule has 2 amide bonds. The molecule has 1 N–H and O–H groups in total. The third-order valence-electron chi connectivity index (χ3n) is 3.82. The van der Waals surface area contributed by atoms with Gasteiger partial charge in [0, 0.05) is 30.7 Å². The Hall–Kier alpha value is -2.40. The summed E-state index contributed by atoms with van der Waals surface area (Å²) in [5.41, 5.74) is 2.14. The summed E-state index contributed by atoms with van der Waals surface area (Å²) >= 11 is 6.11. The van der Waals surface area contributed by atoms with Gasteiger partial charge in [0.1, 0.15) is 5.82 Å². The number of hydrogen-bond donors (Lipinski definition) is 1. The van der Waals surface area contributed by atoms with Crippen LogP contribution in [0.25, 0.3) is 0 Å². The molecule has 25 heavy (non-hydrogen) atoms. The van der Waals surface area contributed by atoms with Crippen molar-refractivity contribution in [3.63, 3.8) is 0 Å². The lowest BCUT2D eigenvalue weighted by molar-refractivity contribution is -0.121. The molecule has 2 aromatic carbocycles. The van der Waals surface area contributed by atoms with Crippen molar-refractivity contribution in [1.29, 1.82) is 0 Å². The highest BCUT2D eigenvalue weighted by Crippen LogP contribution is 2.26. The number of hydrogen-bond acceptors (Lipinski definition) is 2. The second kappa shape index (κ2) is 8.62. The Morgan fingerprint density at radius 3 is 2.60 bits per heavy atom. The van der Waals surface area contributed by atoms with Gasteiger partial charge in [-0.2, -0.15) is 0 Å². The molecule has 0 aliphatic heterocycles. The Morgan fingerprint density at radius 2 is 1.92 bits per heavy atom. The third-order valence-corrected chi connectivity index (χ3v) is 4.23. The Bertz CT molecular complexity index is 780. The predicted octanol–water partition coefficient (Wildman–Crippen LogP) is 3.50. The number of amides is 2. The summed E-state index contributed by atoms with van der Waals surface area (Å²) in [6.07, 6.45) is 0.0913. The first-order chi connectivity index (χ1) is 11.9. The molecule has 0 spiro atoms. The Balaban J connectivity index is 1.94. The standard InChI is InChI=1S/C19H20ClFN2O2/c1-13-17(20)7-4-8-18(13)23(14(2)24)10-9-22-19(25)12-15-5-3-6-16(21)11-15/h3-8,11H,9-10,12H2,1-2H3,(H,22,25). The van der Waals surface area contributed by atoms with Crippen LogP contribution in [-0.4, -0.2) is 24.9 Å². The van der Waals surface area contributed by atoms with Gasteiger partial charge in [-0.25, -0.2) is 4.39 Å². The number of carbonyl (C=O) groups is 2. The second-order valence-electron chi connectivity index (χ2n) is 5.71. The molecule has 2 rings (SSSR count). The Labute approximate surface area is 151 Å². The van der Waals surface area contributed by atoms with Gasteiger partial charge in [0.2, 0.25) is 11.8 Å². The van der Waals surface area contributed by atoms with Crippen molar-refractivity contribution in [3.8, 4) is 0 Å². The summed E-state index contributed by atoms with van der Waals surface area (Å²) in [6, 6.07) is 11.3. The fraction of sp³-hybridized carbons (Fsp3) is 0.263. The average molecular weight is 363 g/mol. The highest BCUT2D eigenvalue weighted by molar-refractivity contribution is 6.31. The fourth-order valence-corrected chi connectivity index (χ4v) is 2.71. The van der Waals surface area contributed by atoms with Crippen molar-refractivity contribution < 1.29 is 14.0 Å². The topological polar surface area (TPSA) is 49.4 Å². The summed E-state index contributed by atoms with van der Waals surface area (Å²) < 4.78 is 13.1. The Morgan fingerprint density at radius 1 is 1.20 bits per heavy atom. The molecule has 0 atom stereocenters. The van der Waals surface area contributed by atoms with Gasteiger partial charge in [0.15, 0.2) is 0 Å². The lowest BCUT2D eigenvalue weighted by atomic mass is 10.1. The SMILES string of the molecule is CC(=O)N(CCNC(=O)Cc1cccc(F)c1)c1cccc(Cl)c1C. The van der Waals surface area contributed by atoms with Crippen LogP contribution in [0.4, 0.5) is 10.1 Å². The summed E-state index contributed by atoms with van der Waals surface area (Å²) in [5, 5.41) is 3.33. The van der Waals surface area contributed by atoms with Crippen molar-refractivity contribution in [2.45, 2.75) is 20.3 Å². The molecule has 0 aliphatic rings. The summed E-state index contributed by atoms with van der Waals surface area (Å²) in [5.74, 6) is -0.730. The molecular weight excluding hydrogens is 343 g/mol. The minimum atomic E-state index is -0.371. The van der Waals surface area contributed by atoms with E-state index in [-0.39, 0.29) is 24.1 Å². The van der Waals surface area contributed by atoms with E-state index >= 15 is 0 Å². The lowest BCUT2D eigenvalue weighted by Crippen LogP contribution is -2.38. The van der Waals surface area contributed by atoms with E-state index < -0.39 is 0 Å². The number of carbonyl (C=O) groups excluding carboxylic acids is 2. The zero-order chi connectivity index (χ0) is 18.4. The van der Waals surface area contributed by atoms with Crippen molar-refractivity contribution in [1.82, 2.24) is 5.32 Å². The molecule has 132 valence electrons. The number of halogens is 2. The third kappa shape index (κ3) is 5.29. The highest BCUT2D eigenvalue weighted by atomic mass is 35.5. The maximum atomic E-state index is 13.1. The van der Waals surface area contributed by atoms with Gasteiger partial charge in [-0.15, -0.1) is 0 Å². The van der Waals surface area contributed by atoms with Crippen molar-refractivity contribution in [2.24, 2.45) is 0 Å². The minimum absolute atomic E-state index is 0.0913. The van der Waals surface area contributed by atoms with Crippen LogP contribution in [0.3, 0.4) is 0 Å². The second-order valence-corrected chi connectivity index (χ2v) is 6.12. The zero-order valence-electron chi connectivity index (χ0n) is 14.2. The van der Waals surface area contributed by atoms with E-state index in [1.165, 1.54) is 19.1 Å². The monoisotopic (exact) mass is 362 g/mol. The van der Waals surface area contributed by atoms with Gasteiger partial charge in [0.05, 0.1) is 6.42 Å². The van der Waals surface area contributed by atoms with E-state index in [1.807, 2.05) is 13.0 Å². The number of nitrogens with zero attached hydrogens (tertiary/aromatic N) is 1. The van der Waals surface area contributed by atoms with E-state index in [4.69, 9.17) is 11.6 Å². The predicted molar refractivity (Wildman–Crippen MR) is 97.3 cm³/mol. The molecule has 4 nitrogen and oxygen atoms in total. The molecule has 0 saturated carbocycles. The first-order valence-electron chi connectivity index (χ1n) is 7.93. The van der Waals surface area contributed by atoms with Crippen LogP contribution in [0, 0.1) is 12.7 Å². The van der Waals surface area contributed by atoms with Crippen LogP contribution in [0.5, 0.6) is 0 Å². The maximum absolute atomic E-state index is 13.1. The first kappa shape index (κ1) is 18.9. The van der Waals surface area contributed by atoms with Crippen molar-refractivity contribution >= 4 is 29.1 Å². The minimum Gasteiger partial charge on any atom is -0.354 e. The molecule has 0 aromatic heterocycles. The number of nitrogens with one attached hydrogen (secondary N) is 1. The number of benzene rings is 2. The molecule has 0 saturated heterocycles. The van der Waals surface area contributed by atoms with Crippen LogP contribution in [0.2, 0.25) is 5.02 Å². The molecule has 0 bridgehead atoms. The van der Waals surface area contributed by atoms with Gasteiger partial charge in [0.25, 0.3) is 0 Å². The van der Waals surface area contributed by atoms with Crippen molar-refractivity contribution in [2.75, 3.05) is 18.0 Å². The van der Waals surface area contributed by atoms with Crippen LogP contribution < -0.4 is 10.2 Å². The molecule has 0 unspecified atom stereocenters. The summed E-state index contributed by atoms with van der Waals surface area (Å²) in [4.78, 5) is 25.5. The van der Waals surface area contributed by atoms with E-state index in [2.05, 4.69) is 5.32 Å². The molecule has 0 aliphatic carbocycles. The maximum Gasteiger partial charge on any atom is 0.224 e. The average Bonchev–Trinajstić information content (AvgIpc) is 2.54. The van der Waals surface area contributed by atoms with Crippen LogP contribution in [-0.2, 0) is 16.0 Å². The normalized spacial score (nSPS) is 10.4. The largest absolute Gasteiger partial charge is 0.354 e. The summed E-state index contributed by atoms with van der Waals surface area (Å²) in [6.45, 7) is 3.93. The van der Waals surface area contributed by atoms with Gasteiger partial charge >= 0.3 is 0 Å². The molecule has 0 radical (unpaired) electrons. The van der Waals surface area contributed by atoms with Gasteiger partial charge in [-0.1, -0.05) is 29.8 Å². The fourth-order valence-electron chi connectivity index (χ4n) is 2.54. The van der Waals surface area contributed by atoms with E-state index in [0.29, 0.717) is 23.7 Å². The lowest BCUT2D eigenvalue weighted by Gasteiger charge is -2.23. The van der Waals surface area contributed by atoms with E-state index in [1.54, 1.807) is 29.2 Å². The van der Waals surface area contributed by atoms with Crippen molar-refractivity contribution in [3.05, 3.63) is 64.4 Å². The smallest absolute Gasteiger partial charge is 0.224 e.